The van der Waals surface area contributed by atoms with E-state index < -0.39 is 9.84 Å². The highest BCUT2D eigenvalue weighted by molar-refractivity contribution is 7.90. The molecule has 0 spiro atoms. The Bertz CT molecular complexity index is 262. The second-order valence-corrected chi connectivity index (χ2v) is 5.39. The lowest BCUT2D eigenvalue weighted by Gasteiger charge is -2.14. The van der Waals surface area contributed by atoms with Crippen molar-refractivity contribution in [2.45, 2.75) is 6.92 Å². The molecule has 0 aliphatic heterocycles. The van der Waals surface area contributed by atoms with E-state index in [0.717, 1.165) is 0 Å². The van der Waals surface area contributed by atoms with Gasteiger partial charge in [0.25, 0.3) is 0 Å². The van der Waals surface area contributed by atoms with Crippen molar-refractivity contribution in [3.8, 4) is 0 Å². The Morgan fingerprint density at radius 2 is 2.07 bits per heavy atom. The third-order valence-corrected chi connectivity index (χ3v) is 2.51. The molecule has 14 heavy (non-hydrogen) atoms. The van der Waals surface area contributed by atoms with Gasteiger partial charge in [-0.1, -0.05) is 5.16 Å². The van der Waals surface area contributed by atoms with Gasteiger partial charge in [-0.15, -0.1) is 0 Å². The van der Waals surface area contributed by atoms with Gasteiger partial charge in [-0.2, -0.15) is 0 Å². The minimum absolute atomic E-state index is 0.181. The van der Waals surface area contributed by atoms with Gasteiger partial charge in [-0.25, -0.2) is 8.42 Å². The average molecular weight is 222 g/mol. The maximum Gasteiger partial charge on any atom is 0.148 e. The van der Waals surface area contributed by atoms with Crippen LogP contribution >= 0.6 is 0 Å². The van der Waals surface area contributed by atoms with E-state index in [4.69, 9.17) is 4.84 Å². The summed E-state index contributed by atoms with van der Waals surface area (Å²) in [6, 6.07) is 0. The van der Waals surface area contributed by atoms with Crippen LogP contribution < -0.4 is 0 Å². The van der Waals surface area contributed by atoms with Crippen molar-refractivity contribution in [3.05, 3.63) is 0 Å². The summed E-state index contributed by atoms with van der Waals surface area (Å²) in [5.74, 6) is 0.181. The fourth-order valence-electron chi connectivity index (χ4n) is 0.757. The van der Waals surface area contributed by atoms with Crippen molar-refractivity contribution in [1.29, 1.82) is 0 Å². The van der Waals surface area contributed by atoms with Crippen molar-refractivity contribution in [2.75, 3.05) is 38.8 Å². The molecule has 0 aliphatic carbocycles. The van der Waals surface area contributed by atoms with E-state index in [-0.39, 0.29) is 5.75 Å². The topological polar surface area (TPSA) is 59.0 Å². The Hall–Kier alpha value is -0.620. The first-order valence-electron chi connectivity index (χ1n) is 4.42. The van der Waals surface area contributed by atoms with Gasteiger partial charge in [0.2, 0.25) is 0 Å². The number of sulfone groups is 1. The molecule has 0 radical (unpaired) electrons. The smallest absolute Gasteiger partial charge is 0.148 e. The molecular weight excluding hydrogens is 204 g/mol. The number of rotatable bonds is 7. The molecule has 0 saturated heterocycles. The first kappa shape index (κ1) is 13.4. The average Bonchev–Trinajstić information content (AvgIpc) is 2.08. The van der Waals surface area contributed by atoms with Gasteiger partial charge in [0, 0.05) is 25.6 Å². The minimum Gasteiger partial charge on any atom is -0.395 e. The lowest BCUT2D eigenvalue weighted by Crippen LogP contribution is -2.28. The van der Waals surface area contributed by atoms with E-state index >= 15 is 0 Å². The van der Waals surface area contributed by atoms with E-state index in [1.54, 1.807) is 13.1 Å². The van der Waals surface area contributed by atoms with Crippen LogP contribution in [0.25, 0.3) is 0 Å². The zero-order chi connectivity index (χ0) is 11.0. The normalized spacial score (nSPS) is 12.6. The van der Waals surface area contributed by atoms with E-state index in [1.807, 2.05) is 11.9 Å². The van der Waals surface area contributed by atoms with Crippen LogP contribution in [0.3, 0.4) is 0 Å². The second-order valence-electron chi connectivity index (χ2n) is 3.13. The fraction of sp³-hybridized carbons (Fsp3) is 0.875. The molecule has 0 unspecified atom stereocenters. The van der Waals surface area contributed by atoms with Gasteiger partial charge in [0.05, 0.1) is 5.75 Å². The van der Waals surface area contributed by atoms with E-state index in [2.05, 4.69) is 5.16 Å². The van der Waals surface area contributed by atoms with Crippen LogP contribution in [0.5, 0.6) is 0 Å². The summed E-state index contributed by atoms with van der Waals surface area (Å²) in [5, 5.41) is 3.58. The fourth-order valence-corrected chi connectivity index (χ4v) is 1.40. The molecule has 0 bridgehead atoms. The Morgan fingerprint density at radius 1 is 1.43 bits per heavy atom. The van der Waals surface area contributed by atoms with Crippen LogP contribution in [-0.4, -0.2) is 58.3 Å². The molecule has 0 amide bonds. The first-order chi connectivity index (χ1) is 6.45. The first-order valence-corrected chi connectivity index (χ1v) is 6.48. The van der Waals surface area contributed by atoms with Gasteiger partial charge in [-0.3, -0.25) is 0 Å². The van der Waals surface area contributed by atoms with Gasteiger partial charge in [0.15, 0.2) is 0 Å². The van der Waals surface area contributed by atoms with Crippen LogP contribution in [0.2, 0.25) is 0 Å². The van der Waals surface area contributed by atoms with Gasteiger partial charge in [0.1, 0.15) is 16.4 Å². The summed E-state index contributed by atoms with van der Waals surface area (Å²) in [7, 11) is -1.02. The van der Waals surface area contributed by atoms with Crippen molar-refractivity contribution in [3.63, 3.8) is 0 Å². The van der Waals surface area contributed by atoms with Crippen LogP contribution in [0.4, 0.5) is 0 Å². The van der Waals surface area contributed by atoms with Crippen molar-refractivity contribution in [1.82, 2.24) is 4.90 Å². The Morgan fingerprint density at radius 3 is 2.57 bits per heavy atom. The lowest BCUT2D eigenvalue weighted by atomic mass is 10.5. The summed E-state index contributed by atoms with van der Waals surface area (Å²) in [4.78, 5) is 6.76. The van der Waals surface area contributed by atoms with Gasteiger partial charge >= 0.3 is 0 Å². The molecule has 6 heteroatoms. The highest BCUT2D eigenvalue weighted by Gasteiger charge is 2.04. The molecule has 0 fully saturated rings. The predicted molar refractivity (Wildman–Crippen MR) is 57.3 cm³/mol. The predicted octanol–water partition coefficient (Wildman–Crippen LogP) is -0.0149. The molecule has 0 saturated carbocycles. The SMILES string of the molecule is C/C=N/OCCN(C)CCS(C)(=O)=O. The van der Waals surface area contributed by atoms with Crippen molar-refractivity contribution in [2.24, 2.45) is 5.16 Å². The quantitative estimate of drug-likeness (QED) is 0.345. The highest BCUT2D eigenvalue weighted by atomic mass is 32.2. The molecule has 0 aromatic heterocycles. The van der Waals surface area contributed by atoms with Gasteiger partial charge < -0.3 is 9.74 Å². The Labute approximate surface area is 85.6 Å². The lowest BCUT2D eigenvalue weighted by molar-refractivity contribution is 0.122. The number of oxime groups is 1. The van der Waals surface area contributed by atoms with E-state index in [9.17, 15) is 8.42 Å². The molecule has 0 heterocycles. The molecule has 0 N–H and O–H groups in total. The molecule has 5 nitrogen and oxygen atoms in total. The maximum absolute atomic E-state index is 10.8. The molecular formula is C8H18N2O3S. The molecule has 0 atom stereocenters. The summed E-state index contributed by atoms with van der Waals surface area (Å²) >= 11 is 0. The molecule has 0 aromatic carbocycles. The highest BCUT2D eigenvalue weighted by Crippen LogP contribution is 1.88. The van der Waals surface area contributed by atoms with Crippen LogP contribution in [0, 0.1) is 0 Å². The number of hydrogen-bond donors (Lipinski definition) is 0. The monoisotopic (exact) mass is 222 g/mol. The maximum atomic E-state index is 10.8. The molecule has 0 aliphatic rings. The number of likely N-dealkylation sites (N-methyl/N-ethyl adjacent to an activating group) is 1. The third-order valence-electron chi connectivity index (χ3n) is 1.59. The van der Waals surface area contributed by atoms with Crippen LogP contribution in [-0.2, 0) is 14.7 Å². The standard InChI is InChI=1S/C8H18N2O3S/c1-4-9-13-7-5-10(2)6-8-14(3,11)12/h4H,5-8H2,1-3H3/b9-4+. The Balaban J connectivity index is 3.51. The Kier molecular flexibility index (Phi) is 6.48. The zero-order valence-electron chi connectivity index (χ0n) is 8.93. The molecule has 0 rings (SSSR count). The number of hydrogen-bond acceptors (Lipinski definition) is 5. The van der Waals surface area contributed by atoms with Gasteiger partial charge in [-0.05, 0) is 14.0 Å². The summed E-state index contributed by atoms with van der Waals surface area (Å²) in [6.45, 7) is 3.45. The summed E-state index contributed by atoms with van der Waals surface area (Å²) in [5.41, 5.74) is 0. The minimum atomic E-state index is -2.87. The zero-order valence-corrected chi connectivity index (χ0v) is 9.75. The number of nitrogens with zero attached hydrogens (tertiary/aromatic N) is 2. The van der Waals surface area contributed by atoms with Crippen LogP contribution in [0.15, 0.2) is 5.16 Å². The summed E-state index contributed by atoms with van der Waals surface area (Å²) < 4.78 is 21.7. The van der Waals surface area contributed by atoms with E-state index in [0.29, 0.717) is 19.7 Å². The second kappa shape index (κ2) is 6.78. The molecule has 0 aromatic rings. The molecule has 84 valence electrons. The van der Waals surface area contributed by atoms with E-state index in [1.165, 1.54) is 6.26 Å². The van der Waals surface area contributed by atoms with Crippen molar-refractivity contribution < 1.29 is 13.3 Å². The largest absolute Gasteiger partial charge is 0.395 e. The third kappa shape index (κ3) is 9.47. The summed E-state index contributed by atoms with van der Waals surface area (Å²) in [6.07, 6.45) is 2.80. The van der Waals surface area contributed by atoms with Crippen LogP contribution in [0.1, 0.15) is 6.92 Å². The van der Waals surface area contributed by atoms with Crippen molar-refractivity contribution >= 4 is 16.1 Å².